The average Bonchev–Trinajstić information content (AvgIpc) is 2.59. The molecule has 0 saturated carbocycles. The van der Waals surface area contributed by atoms with Crippen molar-refractivity contribution in [3.05, 3.63) is 35.9 Å². The van der Waals surface area contributed by atoms with Crippen LogP contribution in [0.5, 0.6) is 0 Å². The number of carbonyl (C=O) groups excluding carboxylic acids is 2. The Bertz CT molecular complexity index is 640. The summed E-state index contributed by atoms with van der Waals surface area (Å²) in [6.07, 6.45) is 2.58. The van der Waals surface area contributed by atoms with Gasteiger partial charge >= 0.3 is 5.97 Å². The molecule has 0 fully saturated rings. The predicted molar refractivity (Wildman–Crippen MR) is 112 cm³/mol. The second-order valence-electron chi connectivity index (χ2n) is 6.80. The molecule has 0 aliphatic heterocycles. The quantitative estimate of drug-likeness (QED) is 0.331. The first kappa shape index (κ1) is 23.4. The van der Waals surface area contributed by atoms with Gasteiger partial charge in [0.1, 0.15) is 6.04 Å². The van der Waals surface area contributed by atoms with E-state index in [0.717, 1.165) is 5.56 Å². The number of thiol groups is 1. The van der Waals surface area contributed by atoms with E-state index in [4.69, 9.17) is 0 Å². The first-order valence-corrected chi connectivity index (χ1v) is 10.6. The number of benzene rings is 1. The maximum atomic E-state index is 12.8. The highest BCUT2D eigenvalue weighted by molar-refractivity contribution is 7.98. The lowest BCUT2D eigenvalue weighted by Gasteiger charge is -2.30. The third-order valence-corrected chi connectivity index (χ3v) is 5.02. The maximum Gasteiger partial charge on any atom is 0.326 e. The summed E-state index contributed by atoms with van der Waals surface area (Å²) >= 11 is 5.95. The molecule has 0 radical (unpaired) electrons. The van der Waals surface area contributed by atoms with Gasteiger partial charge in [-0.2, -0.15) is 11.8 Å². The molecule has 6 nitrogen and oxygen atoms in total. The molecule has 3 N–H and O–H groups in total. The van der Waals surface area contributed by atoms with Crippen LogP contribution in [0.15, 0.2) is 30.3 Å². The van der Waals surface area contributed by atoms with Crippen LogP contribution in [0.4, 0.5) is 0 Å². The molecule has 2 atom stereocenters. The SMILES string of the molecule is CSCC[C@](S)(NC(=O)CC(C)C)C(=O)N[C@@H](Cc1ccccc1)C(=O)O. The molecule has 0 aliphatic rings. The van der Waals surface area contributed by atoms with Crippen molar-refractivity contribution in [3.63, 3.8) is 0 Å². The molecule has 1 rings (SSSR count). The lowest BCUT2D eigenvalue weighted by atomic mass is 10.0. The van der Waals surface area contributed by atoms with Crippen LogP contribution >= 0.6 is 24.4 Å². The normalized spacial score (nSPS) is 14.3. The number of carboxylic acids is 1. The topological polar surface area (TPSA) is 95.5 Å². The Morgan fingerprint density at radius 3 is 2.37 bits per heavy atom. The second kappa shape index (κ2) is 11.2. The molecule has 27 heavy (non-hydrogen) atoms. The molecule has 8 heteroatoms. The van der Waals surface area contributed by atoms with Crippen LogP contribution in [0.25, 0.3) is 0 Å². The fourth-order valence-electron chi connectivity index (χ4n) is 2.46. The number of carbonyl (C=O) groups is 3. The van der Waals surface area contributed by atoms with Gasteiger partial charge < -0.3 is 15.7 Å². The van der Waals surface area contributed by atoms with Crippen LogP contribution in [-0.4, -0.2) is 45.8 Å². The molecule has 0 unspecified atom stereocenters. The van der Waals surface area contributed by atoms with Crippen molar-refractivity contribution < 1.29 is 19.5 Å². The van der Waals surface area contributed by atoms with Crippen LogP contribution in [0, 0.1) is 5.92 Å². The number of nitrogens with one attached hydrogen (secondary N) is 2. The van der Waals surface area contributed by atoms with Gasteiger partial charge in [0.15, 0.2) is 4.87 Å². The van der Waals surface area contributed by atoms with Gasteiger partial charge in [-0.25, -0.2) is 4.79 Å². The summed E-state index contributed by atoms with van der Waals surface area (Å²) in [7, 11) is 0. The summed E-state index contributed by atoms with van der Waals surface area (Å²) in [6, 6.07) is 7.95. The Kier molecular flexibility index (Phi) is 9.73. The van der Waals surface area contributed by atoms with Crippen molar-refractivity contribution >= 4 is 42.2 Å². The first-order chi connectivity index (χ1) is 12.7. The van der Waals surface area contributed by atoms with Crippen LogP contribution in [0.1, 0.15) is 32.3 Å². The molecule has 0 heterocycles. The van der Waals surface area contributed by atoms with Crippen molar-refractivity contribution in [2.45, 2.75) is 44.0 Å². The minimum absolute atomic E-state index is 0.135. The predicted octanol–water partition coefficient (Wildman–Crippen LogP) is 2.34. The van der Waals surface area contributed by atoms with Gasteiger partial charge in [0.05, 0.1) is 0 Å². The molecule has 1 aromatic rings. The minimum atomic E-state index is -1.46. The molecule has 0 aliphatic carbocycles. The Morgan fingerprint density at radius 1 is 1.22 bits per heavy atom. The highest BCUT2D eigenvalue weighted by Crippen LogP contribution is 2.20. The van der Waals surface area contributed by atoms with Crippen molar-refractivity contribution in [1.82, 2.24) is 10.6 Å². The Balaban J connectivity index is 2.90. The van der Waals surface area contributed by atoms with E-state index in [1.165, 1.54) is 11.8 Å². The highest BCUT2D eigenvalue weighted by Gasteiger charge is 2.38. The monoisotopic (exact) mass is 412 g/mol. The number of hydrogen-bond acceptors (Lipinski definition) is 5. The number of rotatable bonds is 11. The van der Waals surface area contributed by atoms with Crippen LogP contribution in [-0.2, 0) is 20.8 Å². The maximum absolute atomic E-state index is 12.8. The Morgan fingerprint density at radius 2 is 1.85 bits per heavy atom. The molecule has 0 bridgehead atoms. The van der Waals surface area contributed by atoms with E-state index >= 15 is 0 Å². The Labute approximate surface area is 170 Å². The smallest absolute Gasteiger partial charge is 0.326 e. The first-order valence-electron chi connectivity index (χ1n) is 8.78. The van der Waals surface area contributed by atoms with Crippen molar-refractivity contribution in [3.8, 4) is 0 Å². The van der Waals surface area contributed by atoms with Gasteiger partial charge in [-0.1, -0.05) is 44.2 Å². The average molecular weight is 413 g/mol. The van der Waals surface area contributed by atoms with E-state index < -0.39 is 22.8 Å². The van der Waals surface area contributed by atoms with Gasteiger partial charge in [-0.3, -0.25) is 9.59 Å². The second-order valence-corrected chi connectivity index (χ2v) is 8.55. The van der Waals surface area contributed by atoms with Crippen LogP contribution < -0.4 is 10.6 Å². The molecule has 0 aromatic heterocycles. The number of thioether (sulfide) groups is 1. The highest BCUT2D eigenvalue weighted by atomic mass is 32.2. The van der Waals surface area contributed by atoms with E-state index in [1.807, 2.05) is 38.3 Å². The number of hydrogen-bond donors (Lipinski definition) is 4. The van der Waals surface area contributed by atoms with Gasteiger partial charge in [-0.05, 0) is 29.9 Å². The fraction of sp³-hybridized carbons (Fsp3) is 0.526. The molecule has 150 valence electrons. The lowest BCUT2D eigenvalue weighted by molar-refractivity contribution is -0.142. The van der Waals surface area contributed by atoms with Crippen molar-refractivity contribution in [1.29, 1.82) is 0 Å². The van der Waals surface area contributed by atoms with Crippen molar-refractivity contribution in [2.24, 2.45) is 5.92 Å². The zero-order valence-electron chi connectivity index (χ0n) is 15.9. The van der Waals surface area contributed by atoms with E-state index in [2.05, 4.69) is 23.3 Å². The van der Waals surface area contributed by atoms with Gasteiger partial charge in [0, 0.05) is 12.8 Å². The number of amides is 2. The molecule has 1 aromatic carbocycles. The summed E-state index contributed by atoms with van der Waals surface area (Å²) in [5.74, 6) is -1.31. The molecular weight excluding hydrogens is 384 g/mol. The molecular formula is C19H28N2O4S2. The van der Waals surface area contributed by atoms with Crippen molar-refractivity contribution in [2.75, 3.05) is 12.0 Å². The largest absolute Gasteiger partial charge is 0.480 e. The van der Waals surface area contributed by atoms with E-state index in [0.29, 0.717) is 5.75 Å². The van der Waals surface area contributed by atoms with E-state index in [-0.39, 0.29) is 31.1 Å². The third-order valence-electron chi connectivity index (χ3n) is 3.87. The zero-order valence-corrected chi connectivity index (χ0v) is 17.6. The van der Waals surface area contributed by atoms with Gasteiger partial charge in [0.25, 0.3) is 5.91 Å². The standard InChI is InChI=1S/C19H28N2O4S2/c1-13(2)11-16(22)21-19(26,9-10-27-3)18(25)20-15(17(23)24)12-14-7-5-4-6-8-14/h4-8,13,15,26H,9-12H2,1-3H3,(H,20,25)(H,21,22)(H,23,24)/t15-,19+/m0/s1. The number of aliphatic carboxylic acids is 1. The molecule has 0 spiro atoms. The summed E-state index contributed by atoms with van der Waals surface area (Å²) in [5, 5.41) is 14.7. The summed E-state index contributed by atoms with van der Waals surface area (Å²) in [5.41, 5.74) is 0.794. The van der Waals surface area contributed by atoms with E-state index in [9.17, 15) is 19.5 Å². The zero-order chi connectivity index (χ0) is 20.4. The van der Waals surface area contributed by atoms with E-state index in [1.54, 1.807) is 12.1 Å². The molecule has 2 amide bonds. The van der Waals surface area contributed by atoms with Gasteiger partial charge in [0.2, 0.25) is 5.91 Å². The fourth-order valence-corrected chi connectivity index (χ4v) is 3.43. The summed E-state index contributed by atoms with van der Waals surface area (Å²) < 4.78 is 0. The lowest BCUT2D eigenvalue weighted by Crippen LogP contribution is -2.58. The summed E-state index contributed by atoms with van der Waals surface area (Å²) in [6.45, 7) is 3.81. The van der Waals surface area contributed by atoms with Gasteiger partial charge in [-0.15, -0.1) is 12.6 Å². The molecule has 0 saturated heterocycles. The number of carboxylic acid groups (broad SMARTS) is 1. The summed E-state index contributed by atoms with van der Waals surface area (Å²) in [4.78, 5) is 35.2. The Hall–Kier alpha value is -1.67. The van der Waals surface area contributed by atoms with Crippen LogP contribution in [0.2, 0.25) is 0 Å². The third kappa shape index (κ3) is 8.26. The van der Waals surface area contributed by atoms with Crippen LogP contribution in [0.3, 0.4) is 0 Å². The minimum Gasteiger partial charge on any atom is -0.480 e.